The summed E-state index contributed by atoms with van der Waals surface area (Å²) in [6, 6.07) is 15.9. The first-order valence-corrected chi connectivity index (χ1v) is 16.1. The third kappa shape index (κ3) is 9.33. The van der Waals surface area contributed by atoms with E-state index >= 15 is 0 Å². The number of carbonyl (C=O) groups is 3. The van der Waals surface area contributed by atoms with Crippen LogP contribution in [-0.4, -0.2) is 68.9 Å². The fourth-order valence-electron chi connectivity index (χ4n) is 4.66. The second-order valence-electron chi connectivity index (χ2n) is 10.2. The Morgan fingerprint density at radius 2 is 1.66 bits per heavy atom. The second-order valence-corrected chi connectivity index (χ2v) is 12.7. The number of carboxylic acids is 1. The smallest absolute Gasteiger partial charge is 0.323 e. The van der Waals surface area contributed by atoms with E-state index in [-0.39, 0.29) is 32.7 Å². The minimum absolute atomic E-state index is 0.0221. The lowest BCUT2D eigenvalue weighted by molar-refractivity contribution is -0.138. The minimum atomic E-state index is -4.14. The SMILES string of the molecule is O=C(O)CN(CC(=O)NCCC1CCNCC1)C(=O)c1ccc(S(=O)(=O)Nc2ccccc2Oc2ccc(Cl)cc2Cl)cc1. The molecule has 0 radical (unpaired) electrons. The molecule has 4 rings (SSSR count). The van der Waals surface area contributed by atoms with Gasteiger partial charge in [-0.2, -0.15) is 0 Å². The van der Waals surface area contributed by atoms with Crippen molar-refractivity contribution in [1.82, 2.24) is 15.5 Å². The summed E-state index contributed by atoms with van der Waals surface area (Å²) in [5.41, 5.74) is 0.159. The summed E-state index contributed by atoms with van der Waals surface area (Å²) >= 11 is 12.1. The van der Waals surface area contributed by atoms with Crippen molar-refractivity contribution in [2.75, 3.05) is 37.4 Å². The molecule has 4 N–H and O–H groups in total. The highest BCUT2D eigenvalue weighted by Gasteiger charge is 2.23. The normalized spacial score (nSPS) is 13.6. The molecule has 0 bridgehead atoms. The van der Waals surface area contributed by atoms with Crippen LogP contribution in [0.2, 0.25) is 10.0 Å². The first-order chi connectivity index (χ1) is 21.0. The molecule has 0 spiro atoms. The molecule has 44 heavy (non-hydrogen) atoms. The van der Waals surface area contributed by atoms with Gasteiger partial charge in [-0.1, -0.05) is 35.3 Å². The highest BCUT2D eigenvalue weighted by molar-refractivity contribution is 7.92. The minimum Gasteiger partial charge on any atom is -0.480 e. The number of ether oxygens (including phenoxy) is 1. The van der Waals surface area contributed by atoms with E-state index in [0.717, 1.165) is 37.3 Å². The standard InChI is InChI=1S/C30H32Cl2N4O7S/c31-22-7-10-26(24(32)17-22)43-27-4-2-1-3-25(27)35-44(41,42)23-8-5-21(6-9-23)30(40)36(19-29(38)39)18-28(37)34-16-13-20-11-14-33-15-12-20/h1-10,17,20,33,35H,11-16,18-19H2,(H,34,37)(H,38,39). The number of aliphatic carboxylic acids is 1. The number of halogens is 2. The maximum Gasteiger partial charge on any atom is 0.323 e. The van der Waals surface area contributed by atoms with Gasteiger partial charge in [0.15, 0.2) is 5.75 Å². The van der Waals surface area contributed by atoms with Crippen LogP contribution in [-0.2, 0) is 19.6 Å². The summed E-state index contributed by atoms with van der Waals surface area (Å²) in [5.74, 6) is -1.53. The van der Waals surface area contributed by atoms with Gasteiger partial charge in [0.25, 0.3) is 15.9 Å². The molecule has 234 valence electrons. The predicted molar refractivity (Wildman–Crippen MR) is 167 cm³/mol. The van der Waals surface area contributed by atoms with Gasteiger partial charge in [-0.3, -0.25) is 19.1 Å². The van der Waals surface area contributed by atoms with E-state index in [9.17, 15) is 27.9 Å². The van der Waals surface area contributed by atoms with E-state index in [2.05, 4.69) is 15.4 Å². The van der Waals surface area contributed by atoms with Crippen molar-refractivity contribution >= 4 is 56.7 Å². The number of piperidine rings is 1. The van der Waals surface area contributed by atoms with Crippen LogP contribution in [0, 0.1) is 5.92 Å². The van der Waals surface area contributed by atoms with Gasteiger partial charge in [0.2, 0.25) is 5.91 Å². The third-order valence-electron chi connectivity index (χ3n) is 6.94. The van der Waals surface area contributed by atoms with Gasteiger partial charge < -0.3 is 25.4 Å². The molecular formula is C30H32Cl2N4O7S. The van der Waals surface area contributed by atoms with E-state index in [1.165, 1.54) is 36.4 Å². The first kappa shape index (κ1) is 33.1. The molecule has 0 saturated carbocycles. The van der Waals surface area contributed by atoms with Crippen LogP contribution in [0.5, 0.6) is 11.5 Å². The van der Waals surface area contributed by atoms with Gasteiger partial charge in [-0.25, -0.2) is 8.42 Å². The number of para-hydroxylation sites is 2. The molecule has 14 heteroatoms. The monoisotopic (exact) mass is 662 g/mol. The van der Waals surface area contributed by atoms with Crippen LogP contribution in [0.4, 0.5) is 5.69 Å². The van der Waals surface area contributed by atoms with Gasteiger partial charge in [-0.15, -0.1) is 0 Å². The van der Waals surface area contributed by atoms with Crippen LogP contribution in [0.1, 0.15) is 29.6 Å². The van der Waals surface area contributed by atoms with Gasteiger partial charge in [0.1, 0.15) is 18.8 Å². The maximum absolute atomic E-state index is 13.2. The van der Waals surface area contributed by atoms with Crippen LogP contribution in [0.15, 0.2) is 71.6 Å². The Labute approximate surface area is 265 Å². The molecule has 3 aromatic carbocycles. The molecule has 1 fully saturated rings. The number of hydrogen-bond donors (Lipinski definition) is 4. The van der Waals surface area contributed by atoms with Gasteiger partial charge in [0.05, 0.1) is 15.6 Å². The van der Waals surface area contributed by atoms with Crippen LogP contribution < -0.4 is 20.1 Å². The van der Waals surface area contributed by atoms with Gasteiger partial charge in [0, 0.05) is 17.1 Å². The molecule has 3 aromatic rings. The van der Waals surface area contributed by atoms with Gasteiger partial charge >= 0.3 is 5.97 Å². The summed E-state index contributed by atoms with van der Waals surface area (Å²) in [7, 11) is -4.14. The summed E-state index contributed by atoms with van der Waals surface area (Å²) in [5, 5.41) is 16.0. The second kappa shape index (κ2) is 15.2. The number of hydrogen-bond acceptors (Lipinski definition) is 7. The summed E-state index contributed by atoms with van der Waals surface area (Å²) in [6.45, 7) is 1.16. The molecular weight excluding hydrogens is 631 g/mol. The van der Waals surface area contributed by atoms with Crippen LogP contribution in [0.25, 0.3) is 0 Å². The number of benzene rings is 3. The Morgan fingerprint density at radius 3 is 2.34 bits per heavy atom. The highest BCUT2D eigenvalue weighted by Crippen LogP contribution is 2.35. The number of carbonyl (C=O) groups excluding carboxylic acids is 2. The summed E-state index contributed by atoms with van der Waals surface area (Å²) in [4.78, 5) is 37.8. The van der Waals surface area contributed by atoms with Crippen molar-refractivity contribution in [1.29, 1.82) is 0 Å². The number of anilines is 1. The van der Waals surface area contributed by atoms with E-state index in [0.29, 0.717) is 17.5 Å². The van der Waals surface area contributed by atoms with E-state index in [4.69, 9.17) is 27.9 Å². The number of rotatable bonds is 13. The van der Waals surface area contributed by atoms with Crippen molar-refractivity contribution in [3.8, 4) is 11.5 Å². The fourth-order valence-corrected chi connectivity index (χ4v) is 6.17. The Balaban J connectivity index is 1.41. The molecule has 0 aromatic heterocycles. The zero-order valence-electron chi connectivity index (χ0n) is 23.6. The number of nitrogens with zero attached hydrogens (tertiary/aromatic N) is 1. The average molecular weight is 664 g/mol. The van der Waals surface area contributed by atoms with Crippen molar-refractivity contribution in [2.24, 2.45) is 5.92 Å². The lowest BCUT2D eigenvalue weighted by atomic mass is 9.95. The Kier molecular flexibility index (Phi) is 11.5. The molecule has 0 aliphatic carbocycles. The lowest BCUT2D eigenvalue weighted by Crippen LogP contribution is -2.43. The Bertz CT molecular complexity index is 1600. The Hall–Kier alpha value is -3.84. The van der Waals surface area contributed by atoms with E-state index < -0.39 is 40.9 Å². The van der Waals surface area contributed by atoms with Crippen molar-refractivity contribution in [3.63, 3.8) is 0 Å². The molecule has 1 heterocycles. The number of amides is 2. The molecule has 1 aliphatic heterocycles. The molecule has 1 saturated heterocycles. The predicted octanol–water partition coefficient (Wildman–Crippen LogP) is 4.62. The Morgan fingerprint density at radius 1 is 0.955 bits per heavy atom. The quantitative estimate of drug-likeness (QED) is 0.207. The van der Waals surface area contributed by atoms with Crippen molar-refractivity contribution in [2.45, 2.75) is 24.2 Å². The zero-order valence-corrected chi connectivity index (χ0v) is 25.9. The first-order valence-electron chi connectivity index (χ1n) is 13.8. The molecule has 0 atom stereocenters. The summed E-state index contributed by atoms with van der Waals surface area (Å²) < 4.78 is 34.7. The van der Waals surface area contributed by atoms with Gasteiger partial charge in [-0.05, 0) is 92.9 Å². The molecule has 0 unspecified atom stereocenters. The fraction of sp³-hybridized carbons (Fsp3) is 0.300. The molecule has 11 nitrogen and oxygen atoms in total. The van der Waals surface area contributed by atoms with Crippen LogP contribution in [0.3, 0.4) is 0 Å². The number of carboxylic acid groups (broad SMARTS) is 1. The van der Waals surface area contributed by atoms with Crippen LogP contribution >= 0.6 is 23.2 Å². The summed E-state index contributed by atoms with van der Waals surface area (Å²) in [6.07, 6.45) is 2.86. The third-order valence-corrected chi connectivity index (χ3v) is 8.85. The zero-order chi connectivity index (χ0) is 31.7. The number of nitrogens with one attached hydrogen (secondary N) is 3. The molecule has 2 amide bonds. The molecule has 1 aliphatic rings. The number of sulfonamides is 1. The average Bonchev–Trinajstić information content (AvgIpc) is 2.99. The van der Waals surface area contributed by atoms with Crippen molar-refractivity contribution < 1.29 is 32.6 Å². The topological polar surface area (TPSA) is 154 Å². The largest absolute Gasteiger partial charge is 0.480 e. The van der Waals surface area contributed by atoms with E-state index in [1.807, 2.05) is 0 Å². The maximum atomic E-state index is 13.2. The highest BCUT2D eigenvalue weighted by atomic mass is 35.5. The lowest BCUT2D eigenvalue weighted by Gasteiger charge is -2.23. The van der Waals surface area contributed by atoms with E-state index in [1.54, 1.807) is 30.3 Å². The van der Waals surface area contributed by atoms with Crippen molar-refractivity contribution in [3.05, 3.63) is 82.3 Å².